The Kier molecular flexibility index (Phi) is 6.83. The molecule has 1 aromatic rings. The summed E-state index contributed by atoms with van der Waals surface area (Å²) < 4.78 is 10.1. The summed E-state index contributed by atoms with van der Waals surface area (Å²) >= 11 is 0. The summed E-state index contributed by atoms with van der Waals surface area (Å²) in [5.41, 5.74) is 0.388. The summed E-state index contributed by atoms with van der Waals surface area (Å²) in [4.78, 5) is 20.7. The molecule has 0 saturated heterocycles. The lowest BCUT2D eigenvalue weighted by molar-refractivity contribution is -0.218. The Morgan fingerprint density at radius 3 is 2.61 bits per heavy atom. The number of carbonyl (C=O) groups excluding carboxylic acids is 1. The van der Waals surface area contributed by atoms with E-state index >= 15 is 0 Å². The van der Waals surface area contributed by atoms with Crippen molar-refractivity contribution < 1.29 is 24.0 Å². The van der Waals surface area contributed by atoms with E-state index < -0.39 is 5.97 Å². The van der Waals surface area contributed by atoms with Crippen LogP contribution in [-0.2, 0) is 14.5 Å². The summed E-state index contributed by atoms with van der Waals surface area (Å²) in [7, 11) is 1.56. The predicted molar refractivity (Wildman–Crippen MR) is 64.9 cm³/mol. The fraction of sp³-hybridized carbons (Fsp3) is 0.385. The Labute approximate surface area is 107 Å². The maximum absolute atomic E-state index is 11.5. The van der Waals surface area contributed by atoms with Crippen molar-refractivity contribution in [3.8, 4) is 5.75 Å². The van der Waals surface area contributed by atoms with Gasteiger partial charge in [-0.15, -0.1) is 0 Å². The lowest BCUT2D eigenvalue weighted by atomic mass is 10.2. The third kappa shape index (κ3) is 5.16. The zero-order valence-corrected chi connectivity index (χ0v) is 10.5. The molecule has 0 N–H and O–H groups in total. The summed E-state index contributed by atoms with van der Waals surface area (Å²) in [5, 5.41) is 0. The molecule has 0 fully saturated rings. The molecule has 0 atom stereocenters. The molecule has 0 saturated carbocycles. The molecule has 5 nitrogen and oxygen atoms in total. The molecule has 0 unspecified atom stereocenters. The second-order valence-corrected chi connectivity index (χ2v) is 3.44. The normalized spacial score (nSPS) is 10.1. The minimum Gasteiger partial charge on any atom is -0.497 e. The number of carbonyl (C=O) groups is 1. The van der Waals surface area contributed by atoms with Gasteiger partial charge in [0.2, 0.25) is 0 Å². The first-order chi connectivity index (χ1) is 8.77. The average molecular weight is 253 g/mol. The monoisotopic (exact) mass is 253 g/mol. The SMILES string of the molecule is CCCOC[CH]OOC(=O)c1ccc(OC)cc1. The van der Waals surface area contributed by atoms with Crippen LogP contribution in [-0.4, -0.2) is 26.3 Å². The maximum Gasteiger partial charge on any atom is 0.373 e. The highest BCUT2D eigenvalue weighted by molar-refractivity contribution is 5.89. The summed E-state index contributed by atoms with van der Waals surface area (Å²) in [6.45, 7) is 4.22. The van der Waals surface area contributed by atoms with Gasteiger partial charge < -0.3 is 9.47 Å². The van der Waals surface area contributed by atoms with Crippen molar-refractivity contribution in [3.63, 3.8) is 0 Å². The molecular formula is C13H17O5. The van der Waals surface area contributed by atoms with Crippen LogP contribution in [0.4, 0.5) is 0 Å². The van der Waals surface area contributed by atoms with Gasteiger partial charge in [0.1, 0.15) is 5.75 Å². The van der Waals surface area contributed by atoms with E-state index in [1.54, 1.807) is 31.4 Å². The standard InChI is InChI=1S/C13H17O5/c1-3-8-16-9-10-17-18-13(14)11-4-6-12(15-2)7-5-11/h4-7,10H,3,8-9H2,1-2H3. The van der Waals surface area contributed by atoms with Gasteiger partial charge in [-0.2, -0.15) is 4.89 Å². The zero-order valence-electron chi connectivity index (χ0n) is 10.5. The van der Waals surface area contributed by atoms with Crippen LogP contribution in [0.25, 0.3) is 0 Å². The molecule has 0 spiro atoms. The van der Waals surface area contributed by atoms with Crippen LogP contribution in [0, 0.1) is 6.61 Å². The van der Waals surface area contributed by atoms with Crippen LogP contribution in [0.3, 0.4) is 0 Å². The van der Waals surface area contributed by atoms with Crippen molar-refractivity contribution in [3.05, 3.63) is 36.4 Å². The first-order valence-electron chi connectivity index (χ1n) is 5.69. The predicted octanol–water partition coefficient (Wildman–Crippen LogP) is 2.37. The Bertz CT molecular complexity index is 347. The summed E-state index contributed by atoms with van der Waals surface area (Å²) in [6.07, 6.45) is 0.930. The van der Waals surface area contributed by atoms with Crippen LogP contribution in [0.15, 0.2) is 24.3 Å². The number of hydrogen-bond donors (Lipinski definition) is 0. The molecule has 0 aliphatic rings. The number of hydrogen-bond acceptors (Lipinski definition) is 5. The van der Waals surface area contributed by atoms with Crippen LogP contribution < -0.4 is 4.74 Å². The second kappa shape index (κ2) is 8.49. The Balaban J connectivity index is 2.23. The van der Waals surface area contributed by atoms with Gasteiger partial charge >= 0.3 is 5.97 Å². The topological polar surface area (TPSA) is 54.0 Å². The molecule has 1 radical (unpaired) electrons. The molecule has 1 rings (SSSR count). The Morgan fingerprint density at radius 2 is 2.00 bits per heavy atom. The van der Waals surface area contributed by atoms with E-state index in [9.17, 15) is 4.79 Å². The third-order valence-electron chi connectivity index (χ3n) is 2.05. The number of methoxy groups -OCH3 is 1. The minimum atomic E-state index is -0.565. The van der Waals surface area contributed by atoms with Crippen molar-refractivity contribution in [1.82, 2.24) is 0 Å². The Morgan fingerprint density at radius 1 is 1.28 bits per heavy atom. The second-order valence-electron chi connectivity index (χ2n) is 3.44. The summed E-state index contributed by atoms with van der Waals surface area (Å²) in [6, 6.07) is 6.53. The highest BCUT2D eigenvalue weighted by Crippen LogP contribution is 2.12. The van der Waals surface area contributed by atoms with Crippen molar-refractivity contribution in [1.29, 1.82) is 0 Å². The maximum atomic E-state index is 11.5. The molecule has 0 bridgehead atoms. The lowest BCUT2D eigenvalue weighted by Crippen LogP contribution is -2.07. The van der Waals surface area contributed by atoms with E-state index in [-0.39, 0.29) is 6.61 Å². The van der Waals surface area contributed by atoms with Crippen LogP contribution in [0.1, 0.15) is 23.7 Å². The van der Waals surface area contributed by atoms with Gasteiger partial charge in [0.25, 0.3) is 0 Å². The molecule has 1 aromatic carbocycles. The molecular weight excluding hydrogens is 236 g/mol. The van der Waals surface area contributed by atoms with Crippen molar-refractivity contribution in [2.75, 3.05) is 20.3 Å². The first-order valence-corrected chi connectivity index (χ1v) is 5.69. The van der Waals surface area contributed by atoms with Gasteiger partial charge in [0.15, 0.2) is 6.61 Å². The smallest absolute Gasteiger partial charge is 0.373 e. The van der Waals surface area contributed by atoms with Gasteiger partial charge in [0.05, 0.1) is 19.3 Å². The fourth-order valence-corrected chi connectivity index (χ4v) is 1.16. The largest absolute Gasteiger partial charge is 0.497 e. The quantitative estimate of drug-likeness (QED) is 0.404. The average Bonchev–Trinajstić information content (AvgIpc) is 2.42. The zero-order chi connectivity index (χ0) is 13.2. The third-order valence-corrected chi connectivity index (χ3v) is 2.05. The molecule has 0 aromatic heterocycles. The van der Waals surface area contributed by atoms with E-state index in [2.05, 4.69) is 9.78 Å². The van der Waals surface area contributed by atoms with Crippen molar-refractivity contribution in [2.24, 2.45) is 0 Å². The van der Waals surface area contributed by atoms with Crippen molar-refractivity contribution in [2.45, 2.75) is 13.3 Å². The molecule has 0 heterocycles. The molecule has 99 valence electrons. The van der Waals surface area contributed by atoms with E-state index in [1.807, 2.05) is 6.92 Å². The van der Waals surface area contributed by atoms with Gasteiger partial charge in [-0.25, -0.2) is 4.79 Å². The van der Waals surface area contributed by atoms with Crippen LogP contribution in [0.2, 0.25) is 0 Å². The van der Waals surface area contributed by atoms with E-state index in [0.29, 0.717) is 17.9 Å². The molecule has 5 heteroatoms. The Hall–Kier alpha value is -1.59. The number of benzene rings is 1. The van der Waals surface area contributed by atoms with Crippen molar-refractivity contribution >= 4 is 5.97 Å². The number of rotatable bonds is 8. The van der Waals surface area contributed by atoms with Gasteiger partial charge in [-0.1, -0.05) is 6.92 Å². The highest BCUT2D eigenvalue weighted by atomic mass is 17.2. The van der Waals surface area contributed by atoms with Gasteiger partial charge in [-0.05, 0) is 30.7 Å². The van der Waals surface area contributed by atoms with E-state index in [4.69, 9.17) is 9.47 Å². The fourth-order valence-electron chi connectivity index (χ4n) is 1.16. The molecule has 18 heavy (non-hydrogen) atoms. The molecule has 0 aliphatic carbocycles. The first kappa shape index (κ1) is 14.5. The number of ether oxygens (including phenoxy) is 2. The van der Waals surface area contributed by atoms with Crippen LogP contribution in [0.5, 0.6) is 5.75 Å². The van der Waals surface area contributed by atoms with Gasteiger partial charge in [-0.3, -0.25) is 4.89 Å². The molecule has 0 aliphatic heterocycles. The molecule has 0 amide bonds. The summed E-state index contributed by atoms with van der Waals surface area (Å²) in [5.74, 6) is 0.108. The van der Waals surface area contributed by atoms with Gasteiger partial charge in [0, 0.05) is 6.61 Å². The van der Waals surface area contributed by atoms with E-state index in [0.717, 1.165) is 6.42 Å². The highest BCUT2D eigenvalue weighted by Gasteiger charge is 2.08. The van der Waals surface area contributed by atoms with E-state index in [1.165, 1.54) is 6.61 Å². The lowest BCUT2D eigenvalue weighted by Gasteiger charge is -2.04. The minimum absolute atomic E-state index is 0.281. The van der Waals surface area contributed by atoms with Crippen LogP contribution >= 0.6 is 0 Å².